The van der Waals surface area contributed by atoms with Crippen LogP contribution in [0.15, 0.2) is 54.6 Å². The van der Waals surface area contributed by atoms with E-state index in [1.54, 1.807) is 0 Å². The van der Waals surface area contributed by atoms with Crippen LogP contribution in [0.1, 0.15) is 44.1 Å². The average Bonchev–Trinajstić information content (AvgIpc) is 2.61. The van der Waals surface area contributed by atoms with Crippen molar-refractivity contribution < 1.29 is 0 Å². The first-order chi connectivity index (χ1) is 11.3. The summed E-state index contributed by atoms with van der Waals surface area (Å²) in [5, 5.41) is 5.57. The van der Waals surface area contributed by atoms with E-state index in [1.165, 1.54) is 52.8 Å². The zero-order valence-corrected chi connectivity index (χ0v) is 15.0. The van der Waals surface area contributed by atoms with Crippen molar-refractivity contribution >= 4 is 30.8 Å². The van der Waals surface area contributed by atoms with Crippen LogP contribution in [0.5, 0.6) is 0 Å². The first-order valence-corrected chi connectivity index (χ1v) is 9.58. The van der Waals surface area contributed by atoms with E-state index in [0.29, 0.717) is 5.92 Å². The van der Waals surface area contributed by atoms with E-state index in [-0.39, 0.29) is 0 Å². The number of fused-ring (bicyclic) bond motifs is 3. The number of hydrogen-bond donors (Lipinski definition) is 0. The smallest absolute Gasteiger partial charge is 0.0103 e. The Morgan fingerprint density at radius 2 is 1.61 bits per heavy atom. The molecule has 0 saturated heterocycles. The predicted molar refractivity (Wildman–Crippen MR) is 105 cm³/mol. The van der Waals surface area contributed by atoms with Gasteiger partial charge < -0.3 is 0 Å². The fraction of sp³-hybridized carbons (Fsp3) is 0.364. The normalized spacial score (nSPS) is 23.2. The highest BCUT2D eigenvalue weighted by molar-refractivity contribution is 7.17. The molecule has 0 N–H and O–H groups in total. The van der Waals surface area contributed by atoms with Gasteiger partial charge in [0.1, 0.15) is 0 Å². The van der Waals surface area contributed by atoms with E-state index >= 15 is 0 Å². The van der Waals surface area contributed by atoms with Gasteiger partial charge in [-0.3, -0.25) is 0 Å². The molecular weight excluding hydrogens is 295 g/mol. The van der Waals surface area contributed by atoms with Crippen molar-refractivity contribution in [3.8, 4) is 0 Å². The zero-order chi connectivity index (χ0) is 15.8. The van der Waals surface area contributed by atoms with Gasteiger partial charge in [0.2, 0.25) is 0 Å². The Morgan fingerprint density at radius 3 is 2.48 bits per heavy atom. The van der Waals surface area contributed by atoms with Crippen molar-refractivity contribution in [3.05, 3.63) is 60.2 Å². The van der Waals surface area contributed by atoms with Gasteiger partial charge in [-0.1, -0.05) is 74.4 Å². The summed E-state index contributed by atoms with van der Waals surface area (Å²) >= 11 is 0. The van der Waals surface area contributed by atoms with Crippen LogP contribution in [0, 0.1) is 5.92 Å². The Balaban J connectivity index is 1.85. The second kappa shape index (κ2) is 6.25. The molecule has 0 aliphatic heterocycles. The molecule has 0 heterocycles. The third-order valence-electron chi connectivity index (χ3n) is 5.83. The van der Waals surface area contributed by atoms with Gasteiger partial charge in [0.15, 0.2) is 0 Å². The maximum absolute atomic E-state index is 3.12. The molecule has 0 nitrogen and oxygen atoms in total. The summed E-state index contributed by atoms with van der Waals surface area (Å²) in [6.45, 7) is 2.44. The summed E-state index contributed by atoms with van der Waals surface area (Å²) in [6.07, 6.45) is 5.54. The number of hydrogen-bond acceptors (Lipinski definition) is 0. The maximum atomic E-state index is 3.12. The van der Waals surface area contributed by atoms with Crippen LogP contribution in [-0.4, -0.2) is 5.66 Å². The highest BCUT2D eigenvalue weighted by Gasteiger charge is 2.28. The van der Waals surface area contributed by atoms with Crippen molar-refractivity contribution in [2.75, 3.05) is 0 Å². The molecule has 4 unspecified atom stereocenters. The Kier molecular flexibility index (Phi) is 4.12. The standard InChI is InChI=1S/C22H25P/c1-15(18-8-4-5-12-22(18)23)17-10-6-11-20-19-9-3-2-7-16(19)13-14-21(17)20/h2-3,6-7,9-11,13-15,18,22H,4-5,8,12,23H2,1H3. The molecule has 118 valence electrons. The lowest BCUT2D eigenvalue weighted by Gasteiger charge is -2.34. The van der Waals surface area contributed by atoms with Crippen molar-refractivity contribution in [1.82, 2.24) is 0 Å². The molecule has 0 aromatic heterocycles. The quantitative estimate of drug-likeness (QED) is 0.372. The molecule has 4 atom stereocenters. The van der Waals surface area contributed by atoms with Gasteiger partial charge in [0.05, 0.1) is 0 Å². The maximum Gasteiger partial charge on any atom is -0.0103 e. The molecule has 1 aliphatic carbocycles. The topological polar surface area (TPSA) is 0 Å². The molecule has 3 aromatic rings. The summed E-state index contributed by atoms with van der Waals surface area (Å²) in [6, 6.07) is 20.3. The molecule has 0 amide bonds. The third-order valence-corrected chi connectivity index (χ3v) is 6.66. The summed E-state index contributed by atoms with van der Waals surface area (Å²) in [7, 11) is 3.12. The molecule has 1 saturated carbocycles. The molecule has 1 fully saturated rings. The molecule has 0 spiro atoms. The number of rotatable bonds is 2. The molecule has 0 radical (unpaired) electrons. The van der Waals surface area contributed by atoms with Crippen molar-refractivity contribution in [3.63, 3.8) is 0 Å². The van der Waals surface area contributed by atoms with Gasteiger partial charge in [-0.2, -0.15) is 0 Å². The molecule has 23 heavy (non-hydrogen) atoms. The summed E-state index contributed by atoms with van der Waals surface area (Å²) in [5.74, 6) is 1.42. The lowest BCUT2D eigenvalue weighted by Crippen LogP contribution is -2.24. The van der Waals surface area contributed by atoms with Crippen molar-refractivity contribution in [2.24, 2.45) is 5.92 Å². The Labute approximate surface area is 141 Å². The minimum Gasteiger partial charge on any atom is -0.134 e. The van der Waals surface area contributed by atoms with E-state index in [4.69, 9.17) is 0 Å². The number of benzene rings is 3. The Morgan fingerprint density at radius 1 is 0.826 bits per heavy atom. The first-order valence-electron chi connectivity index (χ1n) is 8.91. The Bertz CT molecular complexity index is 836. The Hall–Kier alpha value is -1.39. The molecule has 4 rings (SSSR count). The van der Waals surface area contributed by atoms with E-state index < -0.39 is 0 Å². The van der Waals surface area contributed by atoms with E-state index in [2.05, 4.69) is 70.8 Å². The van der Waals surface area contributed by atoms with Crippen LogP contribution in [0.3, 0.4) is 0 Å². The van der Waals surface area contributed by atoms with Gasteiger partial charge in [-0.15, -0.1) is 9.24 Å². The largest absolute Gasteiger partial charge is 0.134 e. The van der Waals surface area contributed by atoms with Crippen LogP contribution in [0.4, 0.5) is 0 Å². The van der Waals surface area contributed by atoms with Crippen LogP contribution < -0.4 is 0 Å². The van der Waals surface area contributed by atoms with E-state index in [9.17, 15) is 0 Å². The fourth-order valence-electron chi connectivity index (χ4n) is 4.50. The van der Waals surface area contributed by atoms with Crippen LogP contribution in [0.25, 0.3) is 21.5 Å². The highest BCUT2D eigenvalue weighted by Crippen LogP contribution is 2.42. The minimum absolute atomic E-state index is 0.627. The highest BCUT2D eigenvalue weighted by atomic mass is 31.0. The third kappa shape index (κ3) is 2.68. The molecule has 1 heteroatoms. The van der Waals surface area contributed by atoms with Crippen LogP contribution in [-0.2, 0) is 0 Å². The van der Waals surface area contributed by atoms with Gasteiger partial charge in [-0.05, 0) is 57.4 Å². The van der Waals surface area contributed by atoms with Crippen molar-refractivity contribution in [1.29, 1.82) is 0 Å². The molecular formula is C22H25P. The van der Waals surface area contributed by atoms with E-state index in [1.807, 2.05) is 0 Å². The second-order valence-corrected chi connectivity index (χ2v) is 7.99. The van der Waals surface area contributed by atoms with E-state index in [0.717, 1.165) is 11.6 Å². The monoisotopic (exact) mass is 320 g/mol. The zero-order valence-electron chi connectivity index (χ0n) is 13.8. The average molecular weight is 320 g/mol. The summed E-state index contributed by atoms with van der Waals surface area (Å²) < 4.78 is 0. The minimum atomic E-state index is 0.627. The van der Waals surface area contributed by atoms with Crippen LogP contribution in [0.2, 0.25) is 0 Å². The lowest BCUT2D eigenvalue weighted by atomic mass is 9.76. The fourth-order valence-corrected chi connectivity index (χ4v) is 5.26. The molecule has 0 bridgehead atoms. The molecule has 1 aliphatic rings. The second-order valence-electron chi connectivity index (χ2n) is 7.13. The first kappa shape index (κ1) is 15.2. The predicted octanol–water partition coefficient (Wildman–Crippen LogP) is 6.53. The summed E-state index contributed by atoms with van der Waals surface area (Å²) in [4.78, 5) is 0. The molecule has 3 aromatic carbocycles. The van der Waals surface area contributed by atoms with Gasteiger partial charge in [0, 0.05) is 0 Å². The van der Waals surface area contributed by atoms with Gasteiger partial charge in [0.25, 0.3) is 0 Å². The lowest BCUT2D eigenvalue weighted by molar-refractivity contribution is 0.327. The summed E-state index contributed by atoms with van der Waals surface area (Å²) in [5.41, 5.74) is 2.31. The SMILES string of the molecule is CC(c1cccc2c1ccc1ccccc12)C1CCCCC1P. The van der Waals surface area contributed by atoms with Gasteiger partial charge >= 0.3 is 0 Å². The van der Waals surface area contributed by atoms with Crippen molar-refractivity contribution in [2.45, 2.75) is 44.2 Å². The van der Waals surface area contributed by atoms with Crippen LogP contribution >= 0.6 is 9.24 Å². The van der Waals surface area contributed by atoms with Gasteiger partial charge in [-0.25, -0.2) is 0 Å².